The highest BCUT2D eigenvalue weighted by molar-refractivity contribution is 5.69. The smallest absolute Gasteiger partial charge is 0.410 e. The average molecular weight is 440 g/mol. The van der Waals surface area contributed by atoms with E-state index >= 15 is 0 Å². The Kier molecular flexibility index (Phi) is 4.56. The molecule has 174 valence electrons. The van der Waals surface area contributed by atoms with Gasteiger partial charge in [-0.2, -0.15) is 0 Å². The van der Waals surface area contributed by atoms with Crippen LogP contribution in [0.3, 0.4) is 0 Å². The summed E-state index contributed by atoms with van der Waals surface area (Å²) in [6, 6.07) is 9.61. The Hall–Kier alpha value is -1.59. The van der Waals surface area contributed by atoms with E-state index < -0.39 is 5.60 Å². The molecule has 1 N–H and O–H groups in total. The van der Waals surface area contributed by atoms with Crippen LogP contribution >= 0.6 is 0 Å². The lowest BCUT2D eigenvalue weighted by atomic mass is 9.36. The first-order chi connectivity index (χ1) is 15.2. The standard InChI is InChI=1S/C27H37NO4/c1-24-8-20-9-25(2,16-24)18-26(10-20,17-24)27(30)11-21-14-31-15-22(12-27)28(21)23(29)32-13-19-6-4-3-5-7-19/h3-7,20-22,30H,8-18H2,1-2H3. The van der Waals surface area contributed by atoms with Gasteiger partial charge in [0.05, 0.1) is 30.9 Å². The molecule has 1 aromatic carbocycles. The number of amides is 1. The van der Waals surface area contributed by atoms with Gasteiger partial charge in [-0.1, -0.05) is 44.2 Å². The molecule has 2 heterocycles. The Morgan fingerprint density at radius 3 is 2.22 bits per heavy atom. The number of carbonyl (C=O) groups excluding carboxylic acids is 1. The minimum absolute atomic E-state index is 0.0101. The second kappa shape index (κ2) is 6.96. The summed E-state index contributed by atoms with van der Waals surface area (Å²) in [5, 5.41) is 12.3. The molecule has 1 amide bonds. The van der Waals surface area contributed by atoms with Crippen LogP contribution in [0.1, 0.15) is 70.8 Å². The monoisotopic (exact) mass is 439 g/mol. The van der Waals surface area contributed by atoms with Gasteiger partial charge in [0.1, 0.15) is 6.61 Å². The number of morpholine rings is 1. The summed E-state index contributed by atoms with van der Waals surface area (Å²) < 4.78 is 11.6. The van der Waals surface area contributed by atoms with E-state index in [-0.39, 0.29) is 30.2 Å². The van der Waals surface area contributed by atoms with E-state index in [9.17, 15) is 9.90 Å². The molecule has 6 bridgehead atoms. The van der Waals surface area contributed by atoms with E-state index in [4.69, 9.17) is 9.47 Å². The highest BCUT2D eigenvalue weighted by Crippen LogP contribution is 2.73. The molecule has 5 heteroatoms. The molecular formula is C27H37NO4. The van der Waals surface area contributed by atoms with Gasteiger partial charge in [0.25, 0.3) is 0 Å². The lowest BCUT2D eigenvalue weighted by molar-refractivity contribution is -0.255. The number of carbonyl (C=O) groups is 1. The van der Waals surface area contributed by atoms with Crippen LogP contribution in [0.25, 0.3) is 0 Å². The van der Waals surface area contributed by atoms with Crippen LogP contribution in [0.2, 0.25) is 0 Å². The average Bonchev–Trinajstić information content (AvgIpc) is 2.69. The summed E-state index contributed by atoms with van der Waals surface area (Å²) in [6.45, 7) is 6.20. The summed E-state index contributed by atoms with van der Waals surface area (Å²) in [6.07, 6.45) is 8.37. The SMILES string of the molecule is CC12CC3CC(C)(C1)CC(C1(O)CC4COCC(C1)N4C(=O)OCc1ccccc1)(C3)C2. The molecule has 4 aliphatic carbocycles. The minimum atomic E-state index is -0.718. The number of aliphatic hydroxyl groups is 1. The van der Waals surface area contributed by atoms with Gasteiger partial charge in [0.2, 0.25) is 0 Å². The quantitative estimate of drug-likeness (QED) is 0.727. The number of benzene rings is 1. The van der Waals surface area contributed by atoms with Crippen LogP contribution < -0.4 is 0 Å². The van der Waals surface area contributed by atoms with E-state index in [0.717, 1.165) is 30.7 Å². The first kappa shape index (κ1) is 21.0. The van der Waals surface area contributed by atoms with Crippen LogP contribution in [-0.4, -0.2) is 47.0 Å². The molecule has 6 fully saturated rings. The first-order valence-corrected chi connectivity index (χ1v) is 12.5. The predicted molar refractivity (Wildman–Crippen MR) is 121 cm³/mol. The third-order valence-corrected chi connectivity index (χ3v) is 9.58. The Labute approximate surface area is 191 Å². The maximum absolute atomic E-state index is 13.1. The van der Waals surface area contributed by atoms with Gasteiger partial charge in [-0.05, 0) is 73.7 Å². The van der Waals surface area contributed by atoms with E-state index in [0.29, 0.717) is 36.9 Å². The van der Waals surface area contributed by atoms with E-state index in [1.54, 1.807) is 0 Å². The van der Waals surface area contributed by atoms with Crippen molar-refractivity contribution in [2.75, 3.05) is 13.2 Å². The van der Waals surface area contributed by atoms with Crippen LogP contribution in [0.15, 0.2) is 30.3 Å². The largest absolute Gasteiger partial charge is 0.445 e. The topological polar surface area (TPSA) is 59.0 Å². The summed E-state index contributed by atoms with van der Waals surface area (Å²) in [4.78, 5) is 15.0. The summed E-state index contributed by atoms with van der Waals surface area (Å²) >= 11 is 0. The third-order valence-electron chi connectivity index (χ3n) is 9.58. The van der Waals surface area contributed by atoms with Gasteiger partial charge in [-0.15, -0.1) is 0 Å². The molecular weight excluding hydrogens is 402 g/mol. The molecule has 4 saturated carbocycles. The first-order valence-electron chi connectivity index (χ1n) is 12.5. The molecule has 0 radical (unpaired) electrons. The van der Waals surface area contributed by atoms with Gasteiger partial charge < -0.3 is 14.6 Å². The van der Waals surface area contributed by atoms with E-state index in [1.807, 2.05) is 35.2 Å². The normalized spacial score (nSPS) is 46.8. The highest BCUT2D eigenvalue weighted by atomic mass is 16.6. The van der Waals surface area contributed by atoms with Crippen LogP contribution in [-0.2, 0) is 16.1 Å². The van der Waals surface area contributed by atoms with Crippen molar-refractivity contribution in [2.24, 2.45) is 22.2 Å². The molecule has 0 spiro atoms. The van der Waals surface area contributed by atoms with Gasteiger partial charge >= 0.3 is 6.09 Å². The molecule has 4 unspecified atom stereocenters. The molecule has 2 aliphatic heterocycles. The number of fused-ring (bicyclic) bond motifs is 2. The zero-order valence-corrected chi connectivity index (χ0v) is 19.5. The Morgan fingerprint density at radius 2 is 1.62 bits per heavy atom. The Morgan fingerprint density at radius 1 is 1.00 bits per heavy atom. The lowest BCUT2D eigenvalue weighted by Crippen LogP contribution is -2.71. The number of ether oxygens (including phenoxy) is 2. The molecule has 2 saturated heterocycles. The van der Waals surface area contributed by atoms with Crippen molar-refractivity contribution in [3.8, 4) is 0 Å². The number of piperidine rings is 1. The number of hydrogen-bond acceptors (Lipinski definition) is 4. The number of hydrogen-bond donors (Lipinski definition) is 1. The fourth-order valence-corrected chi connectivity index (χ4v) is 9.47. The third kappa shape index (κ3) is 3.22. The van der Waals surface area contributed by atoms with Crippen molar-refractivity contribution in [2.45, 2.75) is 89.5 Å². The lowest BCUT2D eigenvalue weighted by Gasteiger charge is -2.70. The zero-order valence-electron chi connectivity index (χ0n) is 19.5. The fraction of sp³-hybridized carbons (Fsp3) is 0.741. The maximum Gasteiger partial charge on any atom is 0.410 e. The fourth-order valence-electron chi connectivity index (χ4n) is 9.47. The summed E-state index contributed by atoms with van der Waals surface area (Å²) in [5.74, 6) is 0.746. The van der Waals surface area contributed by atoms with Crippen molar-refractivity contribution in [3.63, 3.8) is 0 Å². The second-order valence-electron chi connectivity index (χ2n) is 12.6. The van der Waals surface area contributed by atoms with Crippen molar-refractivity contribution in [3.05, 3.63) is 35.9 Å². The van der Waals surface area contributed by atoms with Crippen molar-refractivity contribution < 1.29 is 19.4 Å². The molecule has 4 atom stereocenters. The molecule has 5 nitrogen and oxygen atoms in total. The second-order valence-corrected chi connectivity index (χ2v) is 12.6. The molecule has 6 aliphatic rings. The van der Waals surface area contributed by atoms with Crippen LogP contribution in [0, 0.1) is 22.2 Å². The van der Waals surface area contributed by atoms with Gasteiger partial charge in [-0.25, -0.2) is 4.79 Å². The predicted octanol–water partition coefficient (Wildman–Crippen LogP) is 4.91. The van der Waals surface area contributed by atoms with E-state index in [1.165, 1.54) is 19.3 Å². The van der Waals surface area contributed by atoms with Gasteiger partial charge in [0.15, 0.2) is 0 Å². The molecule has 1 aromatic rings. The highest BCUT2D eigenvalue weighted by Gasteiger charge is 2.68. The van der Waals surface area contributed by atoms with E-state index in [2.05, 4.69) is 13.8 Å². The van der Waals surface area contributed by atoms with Crippen molar-refractivity contribution in [1.82, 2.24) is 4.90 Å². The molecule has 0 aromatic heterocycles. The number of rotatable bonds is 3. The maximum atomic E-state index is 13.1. The van der Waals surface area contributed by atoms with Crippen molar-refractivity contribution in [1.29, 1.82) is 0 Å². The number of nitrogens with zero attached hydrogens (tertiary/aromatic N) is 1. The minimum Gasteiger partial charge on any atom is -0.445 e. The molecule has 7 rings (SSSR count). The van der Waals surface area contributed by atoms with Crippen LogP contribution in [0.5, 0.6) is 0 Å². The summed E-state index contributed by atoms with van der Waals surface area (Å²) in [7, 11) is 0. The Balaban J connectivity index is 1.23. The molecule has 32 heavy (non-hydrogen) atoms. The van der Waals surface area contributed by atoms with Crippen molar-refractivity contribution >= 4 is 6.09 Å². The van der Waals surface area contributed by atoms with Crippen LogP contribution in [0.4, 0.5) is 4.79 Å². The van der Waals surface area contributed by atoms with Gasteiger partial charge in [0, 0.05) is 5.41 Å². The van der Waals surface area contributed by atoms with Gasteiger partial charge in [-0.3, -0.25) is 4.90 Å². The Bertz CT molecular complexity index is 868. The summed E-state index contributed by atoms with van der Waals surface area (Å²) in [5.41, 5.74) is 0.988. The zero-order chi connectivity index (χ0) is 22.2.